The molecule has 0 aliphatic rings. The molecule has 0 saturated carbocycles. The van der Waals surface area contributed by atoms with Gasteiger partial charge in [0.05, 0.1) is 35.3 Å². The van der Waals surface area contributed by atoms with Crippen LogP contribution in [0.1, 0.15) is 41.5 Å². The molecule has 4 nitrogen and oxygen atoms in total. The van der Waals surface area contributed by atoms with Crippen molar-refractivity contribution in [2.45, 2.75) is 77.8 Å². The first kappa shape index (κ1) is 27.8. The summed E-state index contributed by atoms with van der Waals surface area (Å²) in [4.78, 5) is 26.9. The van der Waals surface area contributed by atoms with E-state index in [1.165, 1.54) is 14.2 Å². The van der Waals surface area contributed by atoms with Gasteiger partial charge in [-0.3, -0.25) is 0 Å². The second kappa shape index (κ2) is 9.72. The van der Waals surface area contributed by atoms with Crippen molar-refractivity contribution in [2.75, 3.05) is 14.2 Å². The molecule has 1 atom stereocenters. The fourth-order valence-electron chi connectivity index (χ4n) is 3.17. The number of hydrogen-bond donors (Lipinski definition) is 0. The van der Waals surface area contributed by atoms with Gasteiger partial charge >= 0.3 is 11.9 Å². The average molecular weight is 481 g/mol. The van der Waals surface area contributed by atoms with Crippen LogP contribution >= 0.6 is 7.47 Å². The molecule has 0 amide bonds. The SMILES string of the molecule is COC(=O)/C(=C(\C(=O)OC)[Si](C)(C)C(C)(C)C)P(c1ccccc1)[Si](C)(C)C(C)(C)C. The van der Waals surface area contributed by atoms with E-state index in [9.17, 15) is 9.59 Å². The zero-order valence-electron chi connectivity index (χ0n) is 21.5. The standard InChI is InChI=1S/C24H41O4PSi2/c1-23(2,3)30(9,10)20(22(26)28-8)19(21(25)27-7)29(18-16-14-13-15-17-18)31(11,12)24(4,5)6/h13-17H,1-12H3/b20-19-. The molecular formula is C24H41O4PSi2. The van der Waals surface area contributed by atoms with E-state index in [0.29, 0.717) is 10.5 Å². The summed E-state index contributed by atoms with van der Waals surface area (Å²) in [6, 6.07) is 10.2. The van der Waals surface area contributed by atoms with E-state index in [1.807, 2.05) is 18.2 Å². The zero-order chi connectivity index (χ0) is 24.4. The molecule has 1 rings (SSSR count). The smallest absolute Gasteiger partial charge is 0.338 e. The fraction of sp³-hybridized carbons (Fsp3) is 0.583. The Morgan fingerprint density at radius 1 is 0.774 bits per heavy atom. The molecule has 0 aliphatic heterocycles. The number of benzene rings is 1. The van der Waals surface area contributed by atoms with E-state index in [-0.39, 0.29) is 10.1 Å². The number of esters is 2. The van der Waals surface area contributed by atoms with Crippen LogP contribution in [0.25, 0.3) is 0 Å². The molecule has 31 heavy (non-hydrogen) atoms. The molecule has 0 aromatic heterocycles. The Balaban J connectivity index is 4.26. The highest BCUT2D eigenvalue weighted by molar-refractivity contribution is 8.03. The molecule has 1 unspecified atom stereocenters. The summed E-state index contributed by atoms with van der Waals surface area (Å²) in [5.41, 5.74) is 0. The third-order valence-corrected chi connectivity index (χ3v) is 26.1. The Morgan fingerprint density at radius 2 is 1.23 bits per heavy atom. The first-order valence-electron chi connectivity index (χ1n) is 10.7. The number of methoxy groups -OCH3 is 2. The predicted octanol–water partition coefficient (Wildman–Crippen LogP) is 6.45. The lowest BCUT2D eigenvalue weighted by Gasteiger charge is -2.46. The van der Waals surface area contributed by atoms with Crippen molar-refractivity contribution in [2.24, 2.45) is 0 Å². The first-order chi connectivity index (χ1) is 13.9. The highest BCUT2D eigenvalue weighted by Crippen LogP contribution is 2.63. The summed E-state index contributed by atoms with van der Waals surface area (Å²) >= 11 is 0. The molecule has 1 aromatic rings. The van der Waals surface area contributed by atoms with Gasteiger partial charge in [0.25, 0.3) is 0 Å². The van der Waals surface area contributed by atoms with Gasteiger partial charge in [-0.2, -0.15) is 0 Å². The molecule has 1 aromatic carbocycles. The van der Waals surface area contributed by atoms with Crippen molar-refractivity contribution >= 4 is 40.5 Å². The predicted molar refractivity (Wildman–Crippen MR) is 138 cm³/mol. The second-order valence-electron chi connectivity index (χ2n) is 11.1. The van der Waals surface area contributed by atoms with Crippen LogP contribution in [0.4, 0.5) is 0 Å². The van der Waals surface area contributed by atoms with Gasteiger partial charge in [-0.25, -0.2) is 9.59 Å². The maximum Gasteiger partial charge on any atom is 0.338 e. The second-order valence-corrected chi connectivity index (χ2v) is 27.3. The monoisotopic (exact) mass is 480 g/mol. The molecule has 174 valence electrons. The van der Waals surface area contributed by atoms with Gasteiger partial charge in [0.15, 0.2) is 0 Å². The quantitative estimate of drug-likeness (QED) is 0.203. The largest absolute Gasteiger partial charge is 0.466 e. The lowest BCUT2D eigenvalue weighted by atomic mass is 10.2. The maximum atomic E-state index is 13.5. The van der Waals surface area contributed by atoms with Crippen molar-refractivity contribution in [3.8, 4) is 0 Å². The van der Waals surface area contributed by atoms with E-state index < -0.39 is 35.2 Å². The van der Waals surface area contributed by atoms with Crippen LogP contribution in [0.5, 0.6) is 0 Å². The first-order valence-corrected chi connectivity index (χ1v) is 18.9. The van der Waals surface area contributed by atoms with Gasteiger partial charge < -0.3 is 9.47 Å². The Hall–Kier alpha value is -1.24. The summed E-state index contributed by atoms with van der Waals surface area (Å²) < 4.78 is 10.7. The molecule has 0 bridgehead atoms. The molecular weight excluding hydrogens is 439 g/mol. The minimum atomic E-state index is -2.45. The zero-order valence-corrected chi connectivity index (χ0v) is 24.4. The Labute approximate surface area is 192 Å². The molecule has 7 heteroatoms. The van der Waals surface area contributed by atoms with Crippen LogP contribution in [0.2, 0.25) is 36.3 Å². The summed E-state index contributed by atoms with van der Waals surface area (Å²) in [6.07, 6.45) is 0. The molecule has 0 aliphatic carbocycles. The van der Waals surface area contributed by atoms with Crippen LogP contribution in [0, 0.1) is 0 Å². The Morgan fingerprint density at radius 3 is 1.58 bits per heavy atom. The van der Waals surface area contributed by atoms with Crippen molar-refractivity contribution in [1.29, 1.82) is 0 Å². The minimum Gasteiger partial charge on any atom is -0.466 e. The van der Waals surface area contributed by atoms with Gasteiger partial charge in [0.2, 0.25) is 0 Å². The van der Waals surface area contributed by atoms with Gasteiger partial charge in [-0.05, 0) is 22.9 Å². The van der Waals surface area contributed by atoms with Crippen LogP contribution in [-0.4, -0.2) is 42.0 Å². The van der Waals surface area contributed by atoms with Crippen LogP contribution in [0.3, 0.4) is 0 Å². The van der Waals surface area contributed by atoms with Crippen LogP contribution < -0.4 is 5.30 Å². The van der Waals surface area contributed by atoms with E-state index in [2.05, 4.69) is 79.9 Å². The van der Waals surface area contributed by atoms with Crippen molar-refractivity contribution < 1.29 is 19.1 Å². The number of carbonyl (C=O) groups excluding carboxylic acids is 2. The lowest BCUT2D eigenvalue weighted by Crippen LogP contribution is -2.46. The van der Waals surface area contributed by atoms with E-state index >= 15 is 0 Å². The van der Waals surface area contributed by atoms with Crippen molar-refractivity contribution in [3.05, 3.63) is 40.8 Å². The molecule has 0 spiro atoms. The van der Waals surface area contributed by atoms with Gasteiger partial charge in [0.1, 0.15) is 0 Å². The lowest BCUT2D eigenvalue weighted by molar-refractivity contribution is -0.138. The number of rotatable bonds is 6. The molecule has 0 saturated heterocycles. The third-order valence-electron chi connectivity index (χ3n) is 7.14. The third kappa shape index (κ3) is 5.58. The normalized spacial score (nSPS) is 15.1. The fourth-order valence-corrected chi connectivity index (χ4v) is 16.6. The van der Waals surface area contributed by atoms with Crippen LogP contribution in [0.15, 0.2) is 40.8 Å². The Kier molecular flexibility index (Phi) is 8.71. The minimum absolute atomic E-state index is 0.00246. The molecule has 0 fully saturated rings. The van der Waals surface area contributed by atoms with Gasteiger partial charge in [-0.15, -0.1) is 0 Å². The van der Waals surface area contributed by atoms with Gasteiger partial charge in [-0.1, -0.05) is 98.1 Å². The highest BCUT2D eigenvalue weighted by atomic mass is 31.4. The number of hydrogen-bond acceptors (Lipinski definition) is 4. The highest BCUT2D eigenvalue weighted by Gasteiger charge is 2.52. The van der Waals surface area contributed by atoms with Crippen molar-refractivity contribution in [1.82, 2.24) is 0 Å². The number of carbonyl (C=O) groups is 2. The molecule has 0 radical (unpaired) electrons. The summed E-state index contributed by atoms with van der Waals surface area (Å²) in [5.74, 6) is -0.792. The molecule has 0 heterocycles. The summed E-state index contributed by atoms with van der Waals surface area (Å²) in [5, 5.41) is 2.11. The Bertz CT molecular complexity index is 831. The molecule has 0 N–H and O–H groups in total. The topological polar surface area (TPSA) is 52.6 Å². The average Bonchev–Trinajstić information content (AvgIpc) is 2.65. The van der Waals surface area contributed by atoms with E-state index in [0.717, 1.165) is 5.30 Å². The number of ether oxygens (including phenoxy) is 2. The van der Waals surface area contributed by atoms with Crippen molar-refractivity contribution in [3.63, 3.8) is 0 Å². The maximum absolute atomic E-state index is 13.5. The van der Waals surface area contributed by atoms with Gasteiger partial charge in [0, 0.05) is 5.20 Å². The summed E-state index contributed by atoms with van der Waals surface area (Å²) in [7, 11) is -2.90. The van der Waals surface area contributed by atoms with E-state index in [1.54, 1.807) is 0 Å². The summed E-state index contributed by atoms with van der Waals surface area (Å²) in [6.45, 7) is 22.2. The van der Waals surface area contributed by atoms with E-state index in [4.69, 9.17) is 9.47 Å². The van der Waals surface area contributed by atoms with Crippen LogP contribution in [-0.2, 0) is 19.1 Å².